The summed E-state index contributed by atoms with van der Waals surface area (Å²) in [6, 6.07) is 3.88. The van der Waals surface area contributed by atoms with Gasteiger partial charge in [-0.3, -0.25) is 4.79 Å². The van der Waals surface area contributed by atoms with Crippen molar-refractivity contribution >= 4 is 5.91 Å². The fourth-order valence-electron chi connectivity index (χ4n) is 3.30. The minimum Gasteiger partial charge on any atom is -0.477 e. The van der Waals surface area contributed by atoms with Crippen molar-refractivity contribution in [3.05, 3.63) is 23.9 Å². The lowest BCUT2D eigenvalue weighted by Crippen LogP contribution is -2.29. The second kappa shape index (κ2) is 5.00. The van der Waals surface area contributed by atoms with Gasteiger partial charge in [0.15, 0.2) is 0 Å². The number of rotatable bonds is 6. The molecule has 0 bridgehead atoms. The lowest BCUT2D eigenvalue weighted by Gasteiger charge is -2.26. The molecule has 1 N–H and O–H groups in total. The van der Waals surface area contributed by atoms with Crippen LogP contribution in [-0.4, -0.2) is 17.5 Å². The van der Waals surface area contributed by atoms with E-state index in [-0.39, 0.29) is 11.8 Å². The number of hydrogen-bond donors (Lipinski definition) is 1. The van der Waals surface area contributed by atoms with Crippen LogP contribution >= 0.6 is 0 Å². The van der Waals surface area contributed by atoms with Gasteiger partial charge >= 0.3 is 0 Å². The molecule has 1 aromatic heterocycles. The van der Waals surface area contributed by atoms with Gasteiger partial charge in [-0.05, 0) is 49.0 Å². The molecule has 4 rings (SSSR count). The molecule has 1 heterocycles. The van der Waals surface area contributed by atoms with Gasteiger partial charge < -0.3 is 10.1 Å². The van der Waals surface area contributed by atoms with Crippen molar-refractivity contribution in [2.75, 3.05) is 6.61 Å². The molecule has 4 heteroatoms. The van der Waals surface area contributed by atoms with Crippen molar-refractivity contribution in [2.24, 2.45) is 17.3 Å². The SMILES string of the molecule is O=C(NCc1ccc(OCC2CC2)nc1)C1CC12CCC2. The van der Waals surface area contributed by atoms with Gasteiger partial charge in [0.25, 0.3) is 0 Å². The molecule has 0 aliphatic heterocycles. The van der Waals surface area contributed by atoms with Crippen LogP contribution < -0.4 is 10.1 Å². The summed E-state index contributed by atoms with van der Waals surface area (Å²) in [4.78, 5) is 16.4. The molecule has 1 aromatic rings. The van der Waals surface area contributed by atoms with E-state index in [9.17, 15) is 4.79 Å². The largest absolute Gasteiger partial charge is 0.477 e. The number of aromatic nitrogens is 1. The molecule has 21 heavy (non-hydrogen) atoms. The Hall–Kier alpha value is -1.58. The van der Waals surface area contributed by atoms with Gasteiger partial charge in [-0.1, -0.05) is 12.5 Å². The number of pyridine rings is 1. The molecular formula is C17H22N2O2. The Morgan fingerprint density at radius 1 is 1.38 bits per heavy atom. The van der Waals surface area contributed by atoms with Crippen molar-refractivity contribution in [3.63, 3.8) is 0 Å². The van der Waals surface area contributed by atoms with Crippen LogP contribution in [-0.2, 0) is 11.3 Å². The summed E-state index contributed by atoms with van der Waals surface area (Å²) >= 11 is 0. The molecule has 1 atom stereocenters. The van der Waals surface area contributed by atoms with Crippen LogP contribution in [0.5, 0.6) is 5.88 Å². The van der Waals surface area contributed by atoms with Crippen molar-refractivity contribution in [3.8, 4) is 5.88 Å². The molecule has 0 radical (unpaired) electrons. The smallest absolute Gasteiger partial charge is 0.223 e. The van der Waals surface area contributed by atoms with E-state index in [1.807, 2.05) is 12.1 Å². The minimum absolute atomic E-state index is 0.226. The Morgan fingerprint density at radius 2 is 2.24 bits per heavy atom. The third-order valence-corrected chi connectivity index (χ3v) is 5.28. The van der Waals surface area contributed by atoms with E-state index in [4.69, 9.17) is 4.74 Å². The standard InChI is InChI=1S/C17H22N2O2/c20-16(14-8-17(14)6-1-7-17)19-10-13-4-5-15(18-9-13)21-11-12-2-3-12/h4-5,9,12,14H,1-3,6-8,10-11H2,(H,19,20). The Balaban J connectivity index is 1.23. The summed E-state index contributed by atoms with van der Waals surface area (Å²) in [5.41, 5.74) is 1.44. The fraction of sp³-hybridized carbons (Fsp3) is 0.647. The summed E-state index contributed by atoms with van der Waals surface area (Å²) in [6.07, 6.45) is 9.27. The van der Waals surface area contributed by atoms with Crippen LogP contribution in [0.3, 0.4) is 0 Å². The highest BCUT2D eigenvalue weighted by molar-refractivity contribution is 5.82. The quantitative estimate of drug-likeness (QED) is 0.874. The van der Waals surface area contributed by atoms with E-state index in [0.29, 0.717) is 17.8 Å². The van der Waals surface area contributed by atoms with Crippen LogP contribution in [0, 0.1) is 17.3 Å². The van der Waals surface area contributed by atoms with Gasteiger partial charge in [-0.15, -0.1) is 0 Å². The molecule has 3 aliphatic rings. The Kier molecular flexibility index (Phi) is 3.12. The zero-order chi connectivity index (χ0) is 14.3. The van der Waals surface area contributed by atoms with Crippen LogP contribution in [0.2, 0.25) is 0 Å². The summed E-state index contributed by atoms with van der Waals surface area (Å²) in [5.74, 6) is 1.93. The van der Waals surface area contributed by atoms with E-state index in [2.05, 4.69) is 10.3 Å². The average molecular weight is 286 g/mol. The molecule has 0 saturated heterocycles. The van der Waals surface area contributed by atoms with Gasteiger partial charge in [0.05, 0.1) is 6.61 Å². The van der Waals surface area contributed by atoms with E-state index in [0.717, 1.165) is 24.5 Å². The average Bonchev–Trinajstić information content (AvgIpc) is 3.36. The van der Waals surface area contributed by atoms with Gasteiger partial charge in [-0.25, -0.2) is 4.98 Å². The molecular weight excluding hydrogens is 264 g/mol. The Bertz CT molecular complexity index is 532. The summed E-state index contributed by atoms with van der Waals surface area (Å²) in [6.45, 7) is 1.36. The van der Waals surface area contributed by atoms with Gasteiger partial charge in [0.1, 0.15) is 0 Å². The van der Waals surface area contributed by atoms with Crippen molar-refractivity contribution in [2.45, 2.75) is 45.1 Å². The highest BCUT2D eigenvalue weighted by Crippen LogP contribution is 2.65. The van der Waals surface area contributed by atoms with Gasteiger partial charge in [0, 0.05) is 24.7 Å². The predicted molar refractivity (Wildman–Crippen MR) is 78.7 cm³/mol. The lowest BCUT2D eigenvalue weighted by atomic mass is 9.80. The predicted octanol–water partition coefficient (Wildman–Crippen LogP) is 2.68. The maximum atomic E-state index is 12.1. The summed E-state index contributed by atoms with van der Waals surface area (Å²) in [5, 5.41) is 3.04. The number of hydrogen-bond acceptors (Lipinski definition) is 3. The Labute approximate surface area is 125 Å². The number of carbonyl (C=O) groups excluding carboxylic acids is 1. The van der Waals surface area contributed by atoms with Crippen LogP contribution in [0.15, 0.2) is 18.3 Å². The van der Waals surface area contributed by atoms with Crippen molar-refractivity contribution in [1.29, 1.82) is 0 Å². The molecule has 3 fully saturated rings. The summed E-state index contributed by atoms with van der Waals surface area (Å²) < 4.78 is 5.61. The van der Waals surface area contributed by atoms with Gasteiger partial charge in [-0.2, -0.15) is 0 Å². The number of carbonyl (C=O) groups is 1. The van der Waals surface area contributed by atoms with Crippen LogP contribution in [0.1, 0.15) is 44.1 Å². The fourth-order valence-corrected chi connectivity index (χ4v) is 3.30. The third-order valence-electron chi connectivity index (χ3n) is 5.28. The Morgan fingerprint density at radius 3 is 2.81 bits per heavy atom. The van der Waals surface area contributed by atoms with E-state index >= 15 is 0 Å². The third kappa shape index (κ3) is 2.76. The van der Waals surface area contributed by atoms with Crippen LogP contribution in [0.4, 0.5) is 0 Å². The van der Waals surface area contributed by atoms with Crippen molar-refractivity contribution in [1.82, 2.24) is 10.3 Å². The molecule has 3 saturated carbocycles. The maximum absolute atomic E-state index is 12.1. The van der Waals surface area contributed by atoms with Crippen LogP contribution in [0.25, 0.3) is 0 Å². The molecule has 1 spiro atoms. The van der Waals surface area contributed by atoms with E-state index in [1.165, 1.54) is 32.1 Å². The number of nitrogens with zero attached hydrogens (tertiary/aromatic N) is 1. The first kappa shape index (κ1) is 13.1. The van der Waals surface area contributed by atoms with Crippen molar-refractivity contribution < 1.29 is 9.53 Å². The first-order chi connectivity index (χ1) is 10.3. The minimum atomic E-state index is 0.226. The number of nitrogens with one attached hydrogen (secondary N) is 1. The van der Waals surface area contributed by atoms with Gasteiger partial charge in [0.2, 0.25) is 11.8 Å². The highest BCUT2D eigenvalue weighted by atomic mass is 16.5. The second-order valence-corrected chi connectivity index (χ2v) is 6.95. The highest BCUT2D eigenvalue weighted by Gasteiger charge is 2.60. The molecule has 1 amide bonds. The zero-order valence-electron chi connectivity index (χ0n) is 12.3. The first-order valence-corrected chi connectivity index (χ1v) is 8.11. The summed E-state index contributed by atoms with van der Waals surface area (Å²) in [7, 11) is 0. The second-order valence-electron chi connectivity index (χ2n) is 6.95. The molecule has 1 unspecified atom stereocenters. The lowest BCUT2D eigenvalue weighted by molar-refractivity contribution is -0.123. The monoisotopic (exact) mass is 286 g/mol. The number of ether oxygens (including phenoxy) is 1. The molecule has 4 nitrogen and oxygen atoms in total. The number of amides is 1. The molecule has 3 aliphatic carbocycles. The molecule has 112 valence electrons. The van der Waals surface area contributed by atoms with E-state index < -0.39 is 0 Å². The topological polar surface area (TPSA) is 51.2 Å². The van der Waals surface area contributed by atoms with E-state index in [1.54, 1.807) is 6.20 Å². The molecule has 0 aromatic carbocycles. The first-order valence-electron chi connectivity index (χ1n) is 8.11. The zero-order valence-corrected chi connectivity index (χ0v) is 12.3. The normalized spacial score (nSPS) is 25.2. The maximum Gasteiger partial charge on any atom is 0.223 e.